The monoisotopic (exact) mass is 312 g/mol. The van der Waals surface area contributed by atoms with Crippen molar-refractivity contribution in [1.82, 2.24) is 0 Å². The van der Waals surface area contributed by atoms with Crippen LogP contribution >= 0.6 is 0 Å². The molecule has 2 atom stereocenters. The summed E-state index contributed by atoms with van der Waals surface area (Å²) < 4.78 is 49.8. The first kappa shape index (κ1) is 15.9. The summed E-state index contributed by atoms with van der Waals surface area (Å²) in [5, 5.41) is 0. The molecule has 0 bridgehead atoms. The first-order valence-electron chi connectivity index (χ1n) is 7.54. The Morgan fingerprint density at radius 3 is 1.95 bits per heavy atom. The van der Waals surface area contributed by atoms with Crippen molar-refractivity contribution < 1.29 is 22.5 Å². The Kier molecular flexibility index (Phi) is 3.42. The Labute approximate surface area is 129 Å². The molecule has 120 valence electrons. The van der Waals surface area contributed by atoms with Gasteiger partial charge in [0.2, 0.25) is 0 Å². The Hall–Kier alpha value is -1.01. The van der Waals surface area contributed by atoms with E-state index < -0.39 is 11.7 Å². The fourth-order valence-electron chi connectivity index (χ4n) is 2.88. The Balaban J connectivity index is 1.68. The summed E-state index contributed by atoms with van der Waals surface area (Å²) in [6, 6.07) is 5.43. The van der Waals surface area contributed by atoms with Crippen LogP contribution in [0.2, 0.25) is 5.82 Å². The lowest BCUT2D eigenvalue weighted by Gasteiger charge is -2.32. The maximum Gasteiger partial charge on any atom is 0.461 e. The van der Waals surface area contributed by atoms with Crippen LogP contribution in [0.15, 0.2) is 24.3 Å². The lowest BCUT2D eigenvalue weighted by Crippen LogP contribution is -2.41. The molecule has 0 spiro atoms. The highest BCUT2D eigenvalue weighted by Gasteiger charge is 2.59. The summed E-state index contributed by atoms with van der Waals surface area (Å²) in [5.74, 6) is 0.440. The molecule has 22 heavy (non-hydrogen) atoms. The lowest BCUT2D eigenvalue weighted by atomic mass is 9.79. The van der Waals surface area contributed by atoms with E-state index in [0.717, 1.165) is 24.1 Å². The van der Waals surface area contributed by atoms with E-state index in [1.165, 1.54) is 0 Å². The molecule has 1 heterocycles. The molecule has 0 unspecified atom stereocenters. The molecule has 1 aromatic rings. The Bertz CT molecular complexity index is 550. The van der Waals surface area contributed by atoms with Crippen molar-refractivity contribution in [3.8, 4) is 0 Å². The maximum absolute atomic E-state index is 12.6. The van der Waals surface area contributed by atoms with E-state index in [-0.39, 0.29) is 30.1 Å². The van der Waals surface area contributed by atoms with E-state index >= 15 is 0 Å². The minimum Gasteiger partial charge on any atom is -0.403 e. The second-order valence-corrected chi connectivity index (χ2v) is 7.25. The quantitative estimate of drug-likeness (QED) is 0.740. The van der Waals surface area contributed by atoms with E-state index in [9.17, 15) is 13.2 Å². The lowest BCUT2D eigenvalue weighted by molar-refractivity contribution is -0.137. The van der Waals surface area contributed by atoms with Crippen molar-refractivity contribution in [3.63, 3.8) is 0 Å². The van der Waals surface area contributed by atoms with Gasteiger partial charge in [0.15, 0.2) is 0 Å². The Morgan fingerprint density at radius 1 is 1.00 bits per heavy atom. The molecule has 0 radical (unpaired) electrons. The second-order valence-electron chi connectivity index (χ2n) is 7.25. The van der Waals surface area contributed by atoms with Crippen LogP contribution in [-0.2, 0) is 15.5 Å². The second kappa shape index (κ2) is 4.74. The molecule has 1 aliphatic carbocycles. The first-order chi connectivity index (χ1) is 10.0. The van der Waals surface area contributed by atoms with Crippen LogP contribution in [0, 0.1) is 0 Å². The van der Waals surface area contributed by atoms with E-state index in [0.29, 0.717) is 0 Å². The van der Waals surface area contributed by atoms with Gasteiger partial charge in [-0.1, -0.05) is 12.1 Å². The molecule has 1 aliphatic heterocycles. The van der Waals surface area contributed by atoms with Gasteiger partial charge >= 0.3 is 13.3 Å². The summed E-state index contributed by atoms with van der Waals surface area (Å²) in [5.41, 5.74) is -0.424. The fraction of sp³-hybridized carbons (Fsp3) is 0.625. The van der Waals surface area contributed by atoms with Gasteiger partial charge in [-0.25, -0.2) is 0 Å². The third-order valence-electron chi connectivity index (χ3n) is 5.13. The van der Waals surface area contributed by atoms with Crippen molar-refractivity contribution in [2.24, 2.45) is 0 Å². The SMILES string of the molecule is CC1(C)OB([C@@H]2C[C@H]2c2ccc(C(F)(F)F)cc2)OC1(C)C. The molecule has 1 saturated heterocycles. The number of halogens is 3. The maximum atomic E-state index is 12.6. The van der Waals surface area contributed by atoms with Gasteiger partial charge in [-0.2, -0.15) is 13.2 Å². The molecule has 2 aliphatic rings. The van der Waals surface area contributed by atoms with Crippen molar-refractivity contribution >= 4 is 7.12 Å². The molecular formula is C16H20BF3O2. The summed E-state index contributed by atoms with van der Waals surface area (Å²) in [6.07, 6.45) is -3.39. The number of benzene rings is 1. The van der Waals surface area contributed by atoms with Gasteiger partial charge in [0.25, 0.3) is 0 Å². The smallest absolute Gasteiger partial charge is 0.403 e. The van der Waals surface area contributed by atoms with Crippen LogP contribution in [0.4, 0.5) is 13.2 Å². The average molecular weight is 312 g/mol. The van der Waals surface area contributed by atoms with E-state index in [4.69, 9.17) is 9.31 Å². The molecule has 0 N–H and O–H groups in total. The molecule has 0 amide bonds. The van der Waals surface area contributed by atoms with Crippen molar-refractivity contribution in [1.29, 1.82) is 0 Å². The highest BCUT2D eigenvalue weighted by atomic mass is 19.4. The van der Waals surface area contributed by atoms with E-state index in [2.05, 4.69) is 0 Å². The molecule has 1 saturated carbocycles. The minimum absolute atomic E-state index is 0.219. The van der Waals surface area contributed by atoms with Gasteiger partial charge in [-0.15, -0.1) is 0 Å². The summed E-state index contributed by atoms with van der Waals surface area (Å²) in [6.45, 7) is 8.01. The van der Waals surface area contributed by atoms with Gasteiger partial charge < -0.3 is 9.31 Å². The molecule has 0 aromatic heterocycles. The largest absolute Gasteiger partial charge is 0.461 e. The molecule has 2 nitrogen and oxygen atoms in total. The zero-order chi connectivity index (χ0) is 16.3. The summed E-state index contributed by atoms with van der Waals surface area (Å²) in [7, 11) is -0.280. The third-order valence-corrected chi connectivity index (χ3v) is 5.13. The van der Waals surface area contributed by atoms with Gasteiger partial charge in [0, 0.05) is 5.82 Å². The van der Waals surface area contributed by atoms with Crippen LogP contribution in [0.25, 0.3) is 0 Å². The van der Waals surface area contributed by atoms with Crippen LogP contribution in [0.5, 0.6) is 0 Å². The zero-order valence-corrected chi connectivity index (χ0v) is 13.2. The number of hydrogen-bond donors (Lipinski definition) is 0. The number of hydrogen-bond acceptors (Lipinski definition) is 2. The fourth-order valence-corrected chi connectivity index (χ4v) is 2.88. The van der Waals surface area contributed by atoms with Gasteiger partial charge in [-0.3, -0.25) is 0 Å². The van der Waals surface area contributed by atoms with Gasteiger partial charge in [0.05, 0.1) is 16.8 Å². The molecule has 6 heteroatoms. The molecular weight excluding hydrogens is 292 g/mol. The van der Waals surface area contributed by atoms with Crippen molar-refractivity contribution in [3.05, 3.63) is 35.4 Å². The summed E-state index contributed by atoms with van der Waals surface area (Å²) in [4.78, 5) is 0. The van der Waals surface area contributed by atoms with Crippen LogP contribution < -0.4 is 0 Å². The van der Waals surface area contributed by atoms with Gasteiger partial charge in [0.1, 0.15) is 0 Å². The Morgan fingerprint density at radius 2 is 1.50 bits per heavy atom. The average Bonchev–Trinajstić information content (AvgIpc) is 3.12. The predicted molar refractivity (Wildman–Crippen MR) is 78.6 cm³/mol. The summed E-state index contributed by atoms with van der Waals surface area (Å²) >= 11 is 0. The number of rotatable bonds is 2. The van der Waals surface area contributed by atoms with E-state index in [1.54, 1.807) is 12.1 Å². The highest BCUT2D eigenvalue weighted by Crippen LogP contribution is 2.58. The van der Waals surface area contributed by atoms with E-state index in [1.807, 2.05) is 27.7 Å². The zero-order valence-electron chi connectivity index (χ0n) is 13.2. The number of alkyl halides is 3. The molecule has 1 aromatic carbocycles. The topological polar surface area (TPSA) is 18.5 Å². The standard InChI is InChI=1S/C16H20BF3O2/c1-14(2)15(3,4)22-17(21-14)13-9-12(13)10-5-7-11(8-6-10)16(18,19)20/h5-8,12-13H,9H2,1-4H3/t12-,13+/m0/s1. The minimum atomic E-state index is -4.28. The molecule has 3 rings (SSSR count). The highest BCUT2D eigenvalue weighted by molar-refractivity contribution is 6.49. The third kappa shape index (κ3) is 2.67. The van der Waals surface area contributed by atoms with Crippen LogP contribution in [-0.4, -0.2) is 18.3 Å². The van der Waals surface area contributed by atoms with Crippen molar-refractivity contribution in [2.75, 3.05) is 0 Å². The van der Waals surface area contributed by atoms with Crippen molar-refractivity contribution in [2.45, 2.75) is 63.2 Å². The molecule has 2 fully saturated rings. The van der Waals surface area contributed by atoms with Gasteiger partial charge in [-0.05, 0) is 57.7 Å². The first-order valence-corrected chi connectivity index (χ1v) is 7.54. The van der Waals surface area contributed by atoms with Crippen LogP contribution in [0.3, 0.4) is 0 Å². The predicted octanol–water partition coefficient (Wildman–Crippen LogP) is 4.66. The normalized spacial score (nSPS) is 29.7. The van der Waals surface area contributed by atoms with Crippen LogP contribution in [0.1, 0.15) is 51.2 Å².